The monoisotopic (exact) mass is 260 g/mol. The van der Waals surface area contributed by atoms with Crippen LogP contribution in [0.5, 0.6) is 0 Å². The van der Waals surface area contributed by atoms with Gasteiger partial charge in [-0.2, -0.15) is 5.10 Å². The molecule has 0 aliphatic carbocycles. The molecule has 2 heterocycles. The Hall–Kier alpha value is -2.11. The average molecular weight is 260 g/mol. The van der Waals surface area contributed by atoms with E-state index in [0.29, 0.717) is 6.54 Å². The Labute approximate surface area is 113 Å². The quantitative estimate of drug-likeness (QED) is 0.877. The molecular formula is C13H20N6. The van der Waals surface area contributed by atoms with Crippen molar-refractivity contribution in [1.29, 1.82) is 0 Å². The molecule has 0 bridgehead atoms. The lowest BCUT2D eigenvalue weighted by Crippen LogP contribution is -2.08. The molecule has 2 N–H and O–H groups in total. The van der Waals surface area contributed by atoms with Crippen LogP contribution in [0.4, 0.5) is 11.6 Å². The molecule has 19 heavy (non-hydrogen) atoms. The van der Waals surface area contributed by atoms with E-state index in [-0.39, 0.29) is 0 Å². The van der Waals surface area contributed by atoms with Gasteiger partial charge in [-0.05, 0) is 20.8 Å². The van der Waals surface area contributed by atoms with E-state index in [1.807, 2.05) is 38.8 Å². The van der Waals surface area contributed by atoms with Crippen molar-refractivity contribution in [2.75, 3.05) is 17.7 Å². The Morgan fingerprint density at radius 3 is 2.42 bits per heavy atom. The van der Waals surface area contributed by atoms with Gasteiger partial charge in [-0.3, -0.25) is 4.68 Å². The molecule has 2 aromatic rings. The van der Waals surface area contributed by atoms with Crippen LogP contribution in [0.3, 0.4) is 0 Å². The third-order valence-electron chi connectivity index (χ3n) is 3.28. The van der Waals surface area contributed by atoms with Crippen molar-refractivity contribution in [3.8, 4) is 0 Å². The van der Waals surface area contributed by atoms with Crippen LogP contribution in [0, 0.1) is 20.8 Å². The summed E-state index contributed by atoms with van der Waals surface area (Å²) in [5, 5.41) is 10.7. The number of hydrogen-bond donors (Lipinski definition) is 2. The van der Waals surface area contributed by atoms with Gasteiger partial charge in [-0.25, -0.2) is 9.97 Å². The highest BCUT2D eigenvalue weighted by Crippen LogP contribution is 2.20. The minimum atomic E-state index is 0.708. The van der Waals surface area contributed by atoms with Gasteiger partial charge in [0.2, 0.25) is 0 Å². The predicted octanol–water partition coefficient (Wildman–Crippen LogP) is 1.79. The van der Waals surface area contributed by atoms with Crippen molar-refractivity contribution in [3.63, 3.8) is 0 Å². The van der Waals surface area contributed by atoms with Crippen LogP contribution in [0.2, 0.25) is 0 Å². The molecule has 6 heteroatoms. The highest BCUT2D eigenvalue weighted by atomic mass is 15.3. The van der Waals surface area contributed by atoms with Crippen molar-refractivity contribution in [2.24, 2.45) is 7.05 Å². The lowest BCUT2D eigenvalue weighted by atomic mass is 10.2. The number of nitrogens with one attached hydrogen (secondary N) is 2. The number of aryl methyl sites for hydroxylation is 2. The molecule has 0 saturated heterocycles. The average Bonchev–Trinajstić information content (AvgIpc) is 2.70. The SMILES string of the molecule is CNc1nc(C)nc(NCc2cnn(C)c2C)c1C. The molecule has 2 rings (SSSR count). The summed E-state index contributed by atoms with van der Waals surface area (Å²) >= 11 is 0. The fraction of sp³-hybridized carbons (Fsp3) is 0.462. The molecule has 0 atom stereocenters. The standard InChI is InChI=1S/C13H20N6/c1-8-12(14-4)17-10(3)18-13(8)15-6-11-7-16-19(5)9(11)2/h7H,6H2,1-5H3,(H2,14,15,17,18). The number of aromatic nitrogens is 4. The van der Waals surface area contributed by atoms with Crippen LogP contribution < -0.4 is 10.6 Å². The summed E-state index contributed by atoms with van der Waals surface area (Å²) in [5.41, 5.74) is 3.35. The molecule has 0 aliphatic heterocycles. The van der Waals surface area contributed by atoms with Crippen LogP contribution >= 0.6 is 0 Å². The molecular weight excluding hydrogens is 240 g/mol. The first-order valence-corrected chi connectivity index (χ1v) is 6.27. The highest BCUT2D eigenvalue weighted by molar-refractivity contribution is 5.57. The van der Waals surface area contributed by atoms with Crippen molar-refractivity contribution >= 4 is 11.6 Å². The van der Waals surface area contributed by atoms with Crippen LogP contribution in [-0.4, -0.2) is 26.8 Å². The number of anilines is 2. The topological polar surface area (TPSA) is 67.7 Å². The molecule has 0 saturated carbocycles. The second-order valence-corrected chi connectivity index (χ2v) is 4.58. The number of nitrogens with zero attached hydrogens (tertiary/aromatic N) is 4. The maximum Gasteiger partial charge on any atom is 0.135 e. The van der Waals surface area contributed by atoms with Gasteiger partial charge in [-0.15, -0.1) is 0 Å². The summed E-state index contributed by atoms with van der Waals surface area (Å²) in [6.45, 7) is 6.66. The van der Waals surface area contributed by atoms with E-state index in [1.54, 1.807) is 0 Å². The van der Waals surface area contributed by atoms with E-state index in [4.69, 9.17) is 0 Å². The molecule has 0 unspecified atom stereocenters. The fourth-order valence-electron chi connectivity index (χ4n) is 1.94. The summed E-state index contributed by atoms with van der Waals surface area (Å²) in [7, 11) is 3.81. The lowest BCUT2D eigenvalue weighted by molar-refractivity contribution is 0.738. The van der Waals surface area contributed by atoms with E-state index < -0.39 is 0 Å². The molecule has 0 spiro atoms. The summed E-state index contributed by atoms with van der Waals surface area (Å²) < 4.78 is 1.87. The van der Waals surface area contributed by atoms with Gasteiger partial charge < -0.3 is 10.6 Å². The lowest BCUT2D eigenvalue weighted by Gasteiger charge is -2.12. The van der Waals surface area contributed by atoms with E-state index in [9.17, 15) is 0 Å². The molecule has 0 radical (unpaired) electrons. The first-order chi connectivity index (χ1) is 9.02. The summed E-state index contributed by atoms with van der Waals surface area (Å²) in [4.78, 5) is 8.79. The van der Waals surface area contributed by atoms with Crippen LogP contribution in [-0.2, 0) is 13.6 Å². The predicted molar refractivity (Wildman–Crippen MR) is 76.3 cm³/mol. The largest absolute Gasteiger partial charge is 0.373 e. The Kier molecular flexibility index (Phi) is 3.69. The van der Waals surface area contributed by atoms with Crippen LogP contribution in [0.1, 0.15) is 22.6 Å². The second kappa shape index (κ2) is 5.26. The minimum Gasteiger partial charge on any atom is -0.373 e. The highest BCUT2D eigenvalue weighted by Gasteiger charge is 2.09. The van der Waals surface area contributed by atoms with Crippen LogP contribution in [0.25, 0.3) is 0 Å². The van der Waals surface area contributed by atoms with Gasteiger partial charge in [0, 0.05) is 37.5 Å². The molecule has 0 aromatic carbocycles. The van der Waals surface area contributed by atoms with Crippen molar-refractivity contribution in [1.82, 2.24) is 19.7 Å². The maximum absolute atomic E-state index is 4.44. The van der Waals surface area contributed by atoms with Gasteiger partial charge in [-0.1, -0.05) is 0 Å². The zero-order valence-electron chi connectivity index (χ0n) is 12.1. The molecule has 6 nitrogen and oxygen atoms in total. The van der Waals surface area contributed by atoms with E-state index in [0.717, 1.165) is 28.7 Å². The minimum absolute atomic E-state index is 0.708. The zero-order chi connectivity index (χ0) is 14.0. The first-order valence-electron chi connectivity index (χ1n) is 6.27. The summed E-state index contributed by atoms with van der Waals surface area (Å²) in [6, 6.07) is 0. The Morgan fingerprint density at radius 2 is 1.84 bits per heavy atom. The second-order valence-electron chi connectivity index (χ2n) is 4.58. The summed E-state index contributed by atoms with van der Waals surface area (Å²) in [6.07, 6.45) is 1.88. The summed E-state index contributed by atoms with van der Waals surface area (Å²) in [5.74, 6) is 2.47. The van der Waals surface area contributed by atoms with Gasteiger partial charge in [0.15, 0.2) is 0 Å². The van der Waals surface area contributed by atoms with E-state index in [1.165, 1.54) is 5.56 Å². The molecule has 102 valence electrons. The molecule has 2 aromatic heterocycles. The van der Waals surface area contributed by atoms with E-state index in [2.05, 4.69) is 32.6 Å². The fourth-order valence-corrected chi connectivity index (χ4v) is 1.94. The smallest absolute Gasteiger partial charge is 0.135 e. The van der Waals surface area contributed by atoms with E-state index >= 15 is 0 Å². The number of hydrogen-bond acceptors (Lipinski definition) is 5. The maximum atomic E-state index is 4.44. The third-order valence-corrected chi connectivity index (χ3v) is 3.28. The van der Waals surface area contributed by atoms with Crippen LogP contribution in [0.15, 0.2) is 6.20 Å². The third kappa shape index (κ3) is 2.67. The Morgan fingerprint density at radius 1 is 1.16 bits per heavy atom. The first kappa shape index (κ1) is 13.3. The zero-order valence-corrected chi connectivity index (χ0v) is 12.1. The number of rotatable bonds is 4. The Balaban J connectivity index is 2.20. The Bertz CT molecular complexity index is 587. The molecule has 0 amide bonds. The van der Waals surface area contributed by atoms with Crippen molar-refractivity contribution < 1.29 is 0 Å². The van der Waals surface area contributed by atoms with Gasteiger partial charge in [0.1, 0.15) is 17.5 Å². The molecule has 0 aliphatic rings. The van der Waals surface area contributed by atoms with Gasteiger partial charge >= 0.3 is 0 Å². The van der Waals surface area contributed by atoms with Crippen molar-refractivity contribution in [2.45, 2.75) is 27.3 Å². The van der Waals surface area contributed by atoms with Crippen molar-refractivity contribution in [3.05, 3.63) is 28.8 Å². The normalized spacial score (nSPS) is 10.6. The van der Waals surface area contributed by atoms with Gasteiger partial charge in [0.25, 0.3) is 0 Å². The van der Waals surface area contributed by atoms with Gasteiger partial charge in [0.05, 0.1) is 6.20 Å². The molecule has 0 fully saturated rings.